The van der Waals surface area contributed by atoms with Crippen molar-refractivity contribution in [2.75, 3.05) is 32.7 Å². The molecule has 0 radical (unpaired) electrons. The van der Waals surface area contributed by atoms with E-state index in [1.165, 1.54) is 0 Å². The molecule has 0 saturated carbocycles. The third-order valence-corrected chi connectivity index (χ3v) is 2.87. The number of likely N-dealkylation sites (N-methyl/N-ethyl adjacent to an activating group) is 1. The van der Waals surface area contributed by atoms with Crippen LogP contribution >= 0.6 is 0 Å². The summed E-state index contributed by atoms with van der Waals surface area (Å²) in [5.41, 5.74) is 0. The molecule has 4 heteroatoms. The first-order valence-corrected chi connectivity index (χ1v) is 5.57. The molecule has 0 spiro atoms. The standard InChI is InChI=1S/C11H19N3O/c1-3-13-4-6-14(7-5-13)11(15)8-10(2)9-12/h10H,3-8H2,1-2H3. The van der Waals surface area contributed by atoms with Crippen LogP contribution in [0.1, 0.15) is 20.3 Å². The van der Waals surface area contributed by atoms with Crippen molar-refractivity contribution in [1.82, 2.24) is 9.80 Å². The molecule has 84 valence electrons. The van der Waals surface area contributed by atoms with Crippen molar-refractivity contribution in [3.05, 3.63) is 0 Å². The number of nitriles is 1. The highest BCUT2D eigenvalue weighted by Crippen LogP contribution is 2.07. The number of hydrogen-bond donors (Lipinski definition) is 0. The molecule has 0 aromatic carbocycles. The topological polar surface area (TPSA) is 47.3 Å². The first kappa shape index (κ1) is 12.0. The summed E-state index contributed by atoms with van der Waals surface area (Å²) in [6.07, 6.45) is 0.364. The van der Waals surface area contributed by atoms with Crippen LogP contribution in [-0.2, 0) is 4.79 Å². The number of amides is 1. The summed E-state index contributed by atoms with van der Waals surface area (Å²) in [5, 5.41) is 8.63. The molecule has 1 heterocycles. The maximum absolute atomic E-state index is 11.7. The summed E-state index contributed by atoms with van der Waals surface area (Å²) in [6.45, 7) is 8.52. The van der Waals surface area contributed by atoms with Crippen LogP contribution in [0.15, 0.2) is 0 Å². The Kier molecular flexibility index (Phi) is 4.57. The minimum absolute atomic E-state index is 0.125. The summed E-state index contributed by atoms with van der Waals surface area (Å²) in [4.78, 5) is 15.9. The highest BCUT2D eigenvalue weighted by molar-refractivity contribution is 5.76. The normalized spacial score (nSPS) is 19.7. The van der Waals surface area contributed by atoms with Crippen molar-refractivity contribution in [3.63, 3.8) is 0 Å². The molecule has 0 aromatic heterocycles. The lowest BCUT2D eigenvalue weighted by Gasteiger charge is -2.34. The number of carbonyl (C=O) groups excluding carboxylic acids is 1. The van der Waals surface area contributed by atoms with E-state index in [4.69, 9.17) is 5.26 Å². The predicted octanol–water partition coefficient (Wildman–Crippen LogP) is 0.700. The van der Waals surface area contributed by atoms with Crippen molar-refractivity contribution < 1.29 is 4.79 Å². The Balaban J connectivity index is 2.34. The molecule has 0 aromatic rings. The minimum Gasteiger partial charge on any atom is -0.340 e. The molecule has 0 aliphatic carbocycles. The lowest BCUT2D eigenvalue weighted by molar-refractivity contribution is -0.133. The fraction of sp³-hybridized carbons (Fsp3) is 0.818. The van der Waals surface area contributed by atoms with Crippen molar-refractivity contribution in [3.8, 4) is 6.07 Å². The van der Waals surface area contributed by atoms with Gasteiger partial charge in [-0.2, -0.15) is 5.26 Å². The lowest BCUT2D eigenvalue weighted by Crippen LogP contribution is -2.48. The van der Waals surface area contributed by atoms with Crippen LogP contribution in [0.3, 0.4) is 0 Å². The molecule has 1 fully saturated rings. The molecule has 4 nitrogen and oxygen atoms in total. The SMILES string of the molecule is CCN1CCN(C(=O)CC(C)C#N)CC1. The van der Waals surface area contributed by atoms with Crippen molar-refractivity contribution in [2.24, 2.45) is 5.92 Å². The summed E-state index contributed by atoms with van der Waals surface area (Å²) in [7, 11) is 0. The summed E-state index contributed by atoms with van der Waals surface area (Å²) < 4.78 is 0. The second-order valence-corrected chi connectivity index (χ2v) is 4.05. The summed E-state index contributed by atoms with van der Waals surface area (Å²) >= 11 is 0. The molecule has 1 unspecified atom stereocenters. The summed E-state index contributed by atoms with van der Waals surface area (Å²) in [5.74, 6) is -0.0403. The number of nitrogens with zero attached hydrogens (tertiary/aromatic N) is 3. The van der Waals surface area contributed by atoms with Gasteiger partial charge in [0.2, 0.25) is 5.91 Å². The van der Waals surface area contributed by atoms with Gasteiger partial charge in [-0.3, -0.25) is 4.79 Å². The van der Waals surface area contributed by atoms with Crippen LogP contribution in [-0.4, -0.2) is 48.4 Å². The first-order chi connectivity index (χ1) is 7.17. The molecule has 15 heavy (non-hydrogen) atoms. The monoisotopic (exact) mass is 209 g/mol. The molecule has 1 atom stereocenters. The second kappa shape index (κ2) is 5.72. The number of piperazine rings is 1. The average molecular weight is 209 g/mol. The number of rotatable bonds is 3. The highest BCUT2D eigenvalue weighted by atomic mass is 16.2. The second-order valence-electron chi connectivity index (χ2n) is 4.05. The van der Waals surface area contributed by atoms with Gasteiger partial charge in [0.1, 0.15) is 0 Å². The van der Waals surface area contributed by atoms with Crippen LogP contribution in [0, 0.1) is 17.2 Å². The Morgan fingerprint density at radius 3 is 2.47 bits per heavy atom. The molecule has 1 rings (SSSR count). The minimum atomic E-state index is -0.165. The molecule has 0 N–H and O–H groups in total. The molecular weight excluding hydrogens is 190 g/mol. The van der Waals surface area contributed by atoms with Gasteiger partial charge in [-0.25, -0.2) is 0 Å². The van der Waals surface area contributed by atoms with Gasteiger partial charge in [-0.1, -0.05) is 6.92 Å². The van der Waals surface area contributed by atoms with Crippen LogP contribution in [0.25, 0.3) is 0 Å². The average Bonchev–Trinajstić information content (AvgIpc) is 2.29. The van der Waals surface area contributed by atoms with Gasteiger partial charge >= 0.3 is 0 Å². The predicted molar refractivity (Wildman–Crippen MR) is 58.1 cm³/mol. The summed E-state index contributed by atoms with van der Waals surface area (Å²) in [6, 6.07) is 2.10. The van der Waals surface area contributed by atoms with E-state index < -0.39 is 0 Å². The largest absolute Gasteiger partial charge is 0.340 e. The van der Waals surface area contributed by atoms with E-state index in [2.05, 4.69) is 17.9 Å². The molecule has 1 saturated heterocycles. The third-order valence-electron chi connectivity index (χ3n) is 2.87. The molecule has 1 aliphatic rings. The quantitative estimate of drug-likeness (QED) is 0.687. The third kappa shape index (κ3) is 3.52. The van der Waals surface area contributed by atoms with Gasteiger partial charge in [0, 0.05) is 32.6 Å². The van der Waals surface area contributed by atoms with E-state index >= 15 is 0 Å². The van der Waals surface area contributed by atoms with E-state index in [1.807, 2.05) is 4.90 Å². The van der Waals surface area contributed by atoms with Crippen LogP contribution in [0.4, 0.5) is 0 Å². The van der Waals surface area contributed by atoms with Crippen molar-refractivity contribution in [2.45, 2.75) is 20.3 Å². The maximum Gasteiger partial charge on any atom is 0.223 e. The maximum atomic E-state index is 11.7. The highest BCUT2D eigenvalue weighted by Gasteiger charge is 2.21. The van der Waals surface area contributed by atoms with Gasteiger partial charge in [0.05, 0.1) is 12.0 Å². The first-order valence-electron chi connectivity index (χ1n) is 5.57. The van der Waals surface area contributed by atoms with Gasteiger partial charge in [-0.15, -0.1) is 0 Å². The zero-order valence-electron chi connectivity index (χ0n) is 9.57. The van der Waals surface area contributed by atoms with E-state index in [9.17, 15) is 4.79 Å². The van der Waals surface area contributed by atoms with Gasteiger partial charge in [0.15, 0.2) is 0 Å². The van der Waals surface area contributed by atoms with E-state index in [1.54, 1.807) is 6.92 Å². The Bertz CT molecular complexity index is 251. The van der Waals surface area contributed by atoms with Gasteiger partial charge in [-0.05, 0) is 13.5 Å². The number of hydrogen-bond acceptors (Lipinski definition) is 3. The smallest absolute Gasteiger partial charge is 0.223 e. The van der Waals surface area contributed by atoms with E-state index in [-0.39, 0.29) is 11.8 Å². The Hall–Kier alpha value is -1.08. The molecule has 1 amide bonds. The lowest BCUT2D eigenvalue weighted by atomic mass is 10.1. The van der Waals surface area contributed by atoms with Gasteiger partial charge < -0.3 is 9.80 Å². The fourth-order valence-corrected chi connectivity index (χ4v) is 1.75. The Morgan fingerprint density at radius 1 is 1.40 bits per heavy atom. The van der Waals surface area contributed by atoms with Crippen molar-refractivity contribution in [1.29, 1.82) is 5.26 Å². The molecule has 1 aliphatic heterocycles. The molecule has 0 bridgehead atoms. The fourth-order valence-electron chi connectivity index (χ4n) is 1.75. The Labute approximate surface area is 91.5 Å². The zero-order chi connectivity index (χ0) is 11.3. The van der Waals surface area contributed by atoms with Crippen LogP contribution < -0.4 is 0 Å². The Morgan fingerprint density at radius 2 is 2.00 bits per heavy atom. The van der Waals surface area contributed by atoms with Gasteiger partial charge in [0.25, 0.3) is 0 Å². The molecular formula is C11H19N3O. The van der Waals surface area contributed by atoms with Crippen LogP contribution in [0.5, 0.6) is 0 Å². The van der Waals surface area contributed by atoms with E-state index in [0.717, 1.165) is 32.7 Å². The van der Waals surface area contributed by atoms with Crippen LogP contribution in [0.2, 0.25) is 0 Å². The zero-order valence-corrected chi connectivity index (χ0v) is 9.57. The number of carbonyl (C=O) groups is 1. The van der Waals surface area contributed by atoms with E-state index in [0.29, 0.717) is 6.42 Å². The van der Waals surface area contributed by atoms with Crippen molar-refractivity contribution >= 4 is 5.91 Å².